The highest BCUT2D eigenvalue weighted by molar-refractivity contribution is 5.98. The summed E-state index contributed by atoms with van der Waals surface area (Å²) in [6, 6.07) is 7.14. The number of rotatable bonds is 4. The monoisotopic (exact) mass is 264 g/mol. The van der Waals surface area contributed by atoms with Crippen LogP contribution in [0.5, 0.6) is 0 Å². The van der Waals surface area contributed by atoms with Gasteiger partial charge in [0.15, 0.2) is 0 Å². The SMILES string of the molecule is COC(=O)C(C)(C)NC(=O)c1ccc(N(C)C)cc1. The Bertz CT molecular complexity index is 464. The fourth-order valence-electron chi connectivity index (χ4n) is 1.57. The molecule has 0 saturated heterocycles. The highest BCUT2D eigenvalue weighted by Gasteiger charge is 2.30. The van der Waals surface area contributed by atoms with Gasteiger partial charge < -0.3 is 15.0 Å². The maximum Gasteiger partial charge on any atom is 0.330 e. The Kier molecular flexibility index (Phi) is 4.53. The van der Waals surface area contributed by atoms with Gasteiger partial charge in [0.05, 0.1) is 7.11 Å². The molecule has 0 heterocycles. The van der Waals surface area contributed by atoms with Gasteiger partial charge in [-0.05, 0) is 38.1 Å². The van der Waals surface area contributed by atoms with Crippen molar-refractivity contribution in [2.24, 2.45) is 0 Å². The first kappa shape index (κ1) is 15.0. The number of carbonyl (C=O) groups excluding carboxylic acids is 2. The highest BCUT2D eigenvalue weighted by atomic mass is 16.5. The number of methoxy groups -OCH3 is 1. The number of nitrogens with one attached hydrogen (secondary N) is 1. The van der Waals surface area contributed by atoms with Gasteiger partial charge in [0, 0.05) is 25.3 Å². The molecule has 0 saturated carbocycles. The predicted octanol–water partition coefficient (Wildman–Crippen LogP) is 1.43. The summed E-state index contributed by atoms with van der Waals surface area (Å²) in [6.45, 7) is 3.20. The maximum absolute atomic E-state index is 12.0. The van der Waals surface area contributed by atoms with Crippen LogP contribution in [0.15, 0.2) is 24.3 Å². The molecule has 1 rings (SSSR count). The van der Waals surface area contributed by atoms with Gasteiger partial charge in [-0.25, -0.2) is 4.79 Å². The highest BCUT2D eigenvalue weighted by Crippen LogP contribution is 2.13. The van der Waals surface area contributed by atoms with Crippen molar-refractivity contribution in [1.29, 1.82) is 0 Å². The summed E-state index contributed by atoms with van der Waals surface area (Å²) in [5.41, 5.74) is 0.456. The Morgan fingerprint density at radius 3 is 2.11 bits per heavy atom. The summed E-state index contributed by atoms with van der Waals surface area (Å²) in [5.74, 6) is -0.786. The second-order valence-corrected chi connectivity index (χ2v) is 5.01. The van der Waals surface area contributed by atoms with E-state index in [0.29, 0.717) is 5.56 Å². The van der Waals surface area contributed by atoms with E-state index in [-0.39, 0.29) is 5.91 Å². The van der Waals surface area contributed by atoms with Crippen molar-refractivity contribution >= 4 is 17.6 Å². The molecule has 5 heteroatoms. The number of hydrogen-bond acceptors (Lipinski definition) is 4. The van der Waals surface area contributed by atoms with Crippen LogP contribution in [0, 0.1) is 0 Å². The topological polar surface area (TPSA) is 58.6 Å². The zero-order chi connectivity index (χ0) is 14.6. The summed E-state index contributed by atoms with van der Waals surface area (Å²) in [5, 5.41) is 2.64. The van der Waals surface area contributed by atoms with Gasteiger partial charge in [-0.1, -0.05) is 0 Å². The molecule has 1 amide bonds. The first-order valence-corrected chi connectivity index (χ1v) is 5.96. The zero-order valence-electron chi connectivity index (χ0n) is 12.0. The second kappa shape index (κ2) is 5.73. The third kappa shape index (κ3) is 3.71. The number of anilines is 1. The lowest BCUT2D eigenvalue weighted by Crippen LogP contribution is -2.50. The number of hydrogen-bond donors (Lipinski definition) is 1. The van der Waals surface area contributed by atoms with Crippen LogP contribution in [-0.4, -0.2) is 38.6 Å². The van der Waals surface area contributed by atoms with Crippen LogP contribution < -0.4 is 10.2 Å². The normalized spacial score (nSPS) is 10.8. The zero-order valence-corrected chi connectivity index (χ0v) is 12.0. The molecule has 0 aliphatic carbocycles. The van der Waals surface area contributed by atoms with Crippen LogP contribution in [0.2, 0.25) is 0 Å². The van der Waals surface area contributed by atoms with E-state index >= 15 is 0 Å². The van der Waals surface area contributed by atoms with Gasteiger partial charge >= 0.3 is 5.97 Å². The summed E-state index contributed by atoms with van der Waals surface area (Å²) < 4.78 is 4.64. The lowest BCUT2D eigenvalue weighted by atomic mass is 10.0. The molecule has 0 atom stereocenters. The molecule has 0 radical (unpaired) electrons. The molecule has 104 valence electrons. The van der Waals surface area contributed by atoms with Crippen molar-refractivity contribution in [3.63, 3.8) is 0 Å². The van der Waals surface area contributed by atoms with E-state index in [9.17, 15) is 9.59 Å². The Morgan fingerprint density at radius 2 is 1.68 bits per heavy atom. The van der Waals surface area contributed by atoms with E-state index in [1.165, 1.54) is 7.11 Å². The Balaban J connectivity index is 2.81. The fraction of sp³-hybridized carbons (Fsp3) is 0.429. The molecular formula is C14H20N2O3. The smallest absolute Gasteiger partial charge is 0.330 e. The number of nitrogens with zero attached hydrogens (tertiary/aromatic N) is 1. The summed E-state index contributed by atoms with van der Waals surface area (Å²) in [6.07, 6.45) is 0. The quantitative estimate of drug-likeness (QED) is 0.836. The Morgan fingerprint density at radius 1 is 1.16 bits per heavy atom. The molecule has 19 heavy (non-hydrogen) atoms. The molecule has 5 nitrogen and oxygen atoms in total. The van der Waals surface area contributed by atoms with E-state index in [4.69, 9.17) is 0 Å². The molecular weight excluding hydrogens is 244 g/mol. The van der Waals surface area contributed by atoms with Gasteiger partial charge in [-0.3, -0.25) is 4.79 Å². The molecule has 1 N–H and O–H groups in total. The van der Waals surface area contributed by atoms with Crippen LogP contribution in [0.25, 0.3) is 0 Å². The first-order valence-electron chi connectivity index (χ1n) is 5.96. The molecule has 0 aliphatic rings. The maximum atomic E-state index is 12.0. The van der Waals surface area contributed by atoms with E-state index in [1.54, 1.807) is 26.0 Å². The van der Waals surface area contributed by atoms with E-state index in [0.717, 1.165) is 5.69 Å². The molecule has 0 aromatic heterocycles. The standard InChI is InChI=1S/C14H20N2O3/c1-14(2,13(18)19-5)15-12(17)10-6-8-11(9-7-10)16(3)4/h6-9H,1-5H3,(H,15,17). The number of carbonyl (C=O) groups is 2. The second-order valence-electron chi connectivity index (χ2n) is 5.01. The van der Waals surface area contributed by atoms with Crippen molar-refractivity contribution in [1.82, 2.24) is 5.32 Å². The number of ether oxygens (including phenoxy) is 1. The predicted molar refractivity (Wildman–Crippen MR) is 74.3 cm³/mol. The minimum absolute atomic E-state index is 0.305. The van der Waals surface area contributed by atoms with Gasteiger partial charge in [0.25, 0.3) is 5.91 Å². The molecule has 0 spiro atoms. The van der Waals surface area contributed by atoms with Crippen LogP contribution in [0.1, 0.15) is 24.2 Å². The average Bonchev–Trinajstić information content (AvgIpc) is 2.37. The van der Waals surface area contributed by atoms with Crippen molar-refractivity contribution in [3.8, 4) is 0 Å². The van der Waals surface area contributed by atoms with E-state index < -0.39 is 11.5 Å². The summed E-state index contributed by atoms with van der Waals surface area (Å²) >= 11 is 0. The minimum atomic E-state index is -1.05. The minimum Gasteiger partial charge on any atom is -0.467 e. The number of benzene rings is 1. The molecule has 0 bridgehead atoms. The summed E-state index contributed by atoms with van der Waals surface area (Å²) in [7, 11) is 5.15. The fourth-order valence-corrected chi connectivity index (χ4v) is 1.57. The Labute approximate surface area is 113 Å². The first-order chi connectivity index (χ1) is 8.77. The summed E-state index contributed by atoms with van der Waals surface area (Å²) in [4.78, 5) is 25.5. The van der Waals surface area contributed by atoms with Crippen molar-refractivity contribution in [3.05, 3.63) is 29.8 Å². The van der Waals surface area contributed by atoms with Gasteiger partial charge in [0.1, 0.15) is 5.54 Å². The van der Waals surface area contributed by atoms with Crippen molar-refractivity contribution in [2.75, 3.05) is 26.1 Å². The van der Waals surface area contributed by atoms with Crippen molar-refractivity contribution < 1.29 is 14.3 Å². The lowest BCUT2D eigenvalue weighted by molar-refractivity contribution is -0.146. The van der Waals surface area contributed by atoms with Crippen molar-refractivity contribution in [2.45, 2.75) is 19.4 Å². The van der Waals surface area contributed by atoms with Gasteiger partial charge in [-0.15, -0.1) is 0 Å². The largest absolute Gasteiger partial charge is 0.467 e. The Hall–Kier alpha value is -2.04. The number of amides is 1. The number of esters is 1. The van der Waals surface area contributed by atoms with Crippen LogP contribution in [0.3, 0.4) is 0 Å². The van der Waals surface area contributed by atoms with Gasteiger partial charge in [0.2, 0.25) is 0 Å². The van der Waals surface area contributed by atoms with Gasteiger partial charge in [-0.2, -0.15) is 0 Å². The third-order valence-corrected chi connectivity index (χ3v) is 2.77. The molecule has 0 fully saturated rings. The third-order valence-electron chi connectivity index (χ3n) is 2.77. The van der Waals surface area contributed by atoms with E-state index in [2.05, 4.69) is 10.1 Å². The van der Waals surface area contributed by atoms with E-state index in [1.807, 2.05) is 31.1 Å². The molecule has 1 aromatic carbocycles. The van der Waals surface area contributed by atoms with Crippen LogP contribution >= 0.6 is 0 Å². The lowest BCUT2D eigenvalue weighted by Gasteiger charge is -2.23. The van der Waals surface area contributed by atoms with Crippen LogP contribution in [0.4, 0.5) is 5.69 Å². The molecule has 0 unspecified atom stereocenters. The molecule has 0 aliphatic heterocycles. The average molecular weight is 264 g/mol. The van der Waals surface area contributed by atoms with Crippen LogP contribution in [-0.2, 0) is 9.53 Å². The molecule has 1 aromatic rings.